The molecule has 5 heteroatoms. The minimum Gasteiger partial charge on any atom is -0.390 e. The van der Waals surface area contributed by atoms with Crippen LogP contribution in [0.25, 0.3) is 0 Å². The first-order chi connectivity index (χ1) is 8.74. The van der Waals surface area contributed by atoms with Crippen molar-refractivity contribution in [2.45, 2.75) is 32.5 Å². The number of pyridine rings is 1. The molecular weight excluding hydrogens is 252 g/mol. The summed E-state index contributed by atoms with van der Waals surface area (Å²) in [5.41, 5.74) is 0.535. The first kappa shape index (κ1) is 13.6. The number of aromatic nitrogens is 1. The molecule has 1 N–H and O–H groups in total. The molecule has 100 valence electrons. The molecule has 1 atom stereocenters. The molecule has 2 heterocycles. The summed E-state index contributed by atoms with van der Waals surface area (Å²) in [6, 6.07) is 3.69. The van der Waals surface area contributed by atoms with E-state index < -0.39 is 0 Å². The molecule has 0 aromatic carbocycles. The van der Waals surface area contributed by atoms with E-state index in [-0.39, 0.29) is 12.7 Å². The SMILES string of the molecule is CCOC1CCCN(c2ccc(Cl)c(CO)n2)C1. The largest absolute Gasteiger partial charge is 0.390 e. The van der Waals surface area contributed by atoms with Crippen LogP contribution in [0.2, 0.25) is 5.02 Å². The third-order valence-electron chi connectivity index (χ3n) is 3.16. The molecule has 1 aliphatic rings. The highest BCUT2D eigenvalue weighted by atomic mass is 35.5. The van der Waals surface area contributed by atoms with Crippen LogP contribution in [-0.4, -0.2) is 35.9 Å². The van der Waals surface area contributed by atoms with Gasteiger partial charge in [-0.1, -0.05) is 11.6 Å². The number of ether oxygens (including phenoxy) is 1. The number of piperidine rings is 1. The molecule has 0 bridgehead atoms. The fourth-order valence-corrected chi connectivity index (χ4v) is 2.44. The predicted molar refractivity (Wildman–Crippen MR) is 72.0 cm³/mol. The molecule has 1 aliphatic heterocycles. The van der Waals surface area contributed by atoms with E-state index in [1.807, 2.05) is 13.0 Å². The van der Waals surface area contributed by atoms with Crippen LogP contribution in [0.4, 0.5) is 5.82 Å². The average molecular weight is 271 g/mol. The number of aliphatic hydroxyl groups excluding tert-OH is 1. The second kappa shape index (κ2) is 6.36. The zero-order chi connectivity index (χ0) is 13.0. The van der Waals surface area contributed by atoms with Gasteiger partial charge in [0.1, 0.15) is 5.82 Å². The van der Waals surface area contributed by atoms with E-state index in [0.29, 0.717) is 10.7 Å². The van der Waals surface area contributed by atoms with E-state index in [4.69, 9.17) is 16.3 Å². The van der Waals surface area contributed by atoms with Crippen molar-refractivity contribution in [2.75, 3.05) is 24.6 Å². The monoisotopic (exact) mass is 270 g/mol. The molecule has 1 unspecified atom stereocenters. The number of nitrogens with zero attached hydrogens (tertiary/aromatic N) is 2. The lowest BCUT2D eigenvalue weighted by Gasteiger charge is -2.33. The summed E-state index contributed by atoms with van der Waals surface area (Å²) >= 11 is 5.95. The molecule has 1 fully saturated rings. The van der Waals surface area contributed by atoms with Crippen molar-refractivity contribution in [3.05, 3.63) is 22.8 Å². The van der Waals surface area contributed by atoms with Gasteiger partial charge in [0, 0.05) is 19.7 Å². The third-order valence-corrected chi connectivity index (χ3v) is 3.50. The third kappa shape index (κ3) is 3.13. The molecule has 2 rings (SSSR count). The van der Waals surface area contributed by atoms with Gasteiger partial charge in [0.25, 0.3) is 0 Å². The maximum Gasteiger partial charge on any atom is 0.129 e. The summed E-state index contributed by atoms with van der Waals surface area (Å²) in [5, 5.41) is 9.70. The molecule has 0 radical (unpaired) electrons. The minimum absolute atomic E-state index is 0.130. The Morgan fingerprint density at radius 2 is 2.39 bits per heavy atom. The Balaban J connectivity index is 2.10. The molecule has 18 heavy (non-hydrogen) atoms. The lowest BCUT2D eigenvalue weighted by Crippen LogP contribution is -2.40. The quantitative estimate of drug-likeness (QED) is 0.911. The molecule has 1 aromatic heterocycles. The van der Waals surface area contributed by atoms with Crippen LogP contribution in [0.15, 0.2) is 12.1 Å². The summed E-state index contributed by atoms with van der Waals surface area (Å²) in [5.74, 6) is 0.868. The van der Waals surface area contributed by atoms with E-state index in [2.05, 4.69) is 9.88 Å². The second-order valence-corrected chi connectivity index (χ2v) is 4.83. The molecular formula is C13H19ClN2O2. The van der Waals surface area contributed by atoms with Gasteiger partial charge >= 0.3 is 0 Å². The molecule has 0 saturated carbocycles. The number of halogens is 1. The Bertz CT molecular complexity index is 399. The Hall–Kier alpha value is -0.840. The summed E-state index contributed by atoms with van der Waals surface area (Å²) in [4.78, 5) is 6.59. The number of hydrogen-bond donors (Lipinski definition) is 1. The summed E-state index contributed by atoms with van der Waals surface area (Å²) in [6.07, 6.45) is 2.48. The Kier molecular flexibility index (Phi) is 4.80. The molecule has 1 saturated heterocycles. The van der Waals surface area contributed by atoms with Crippen molar-refractivity contribution in [3.8, 4) is 0 Å². The average Bonchev–Trinajstić information content (AvgIpc) is 2.40. The normalized spacial score (nSPS) is 20.2. The highest BCUT2D eigenvalue weighted by Crippen LogP contribution is 2.23. The molecule has 0 spiro atoms. The van der Waals surface area contributed by atoms with Crippen LogP contribution in [0.1, 0.15) is 25.5 Å². The lowest BCUT2D eigenvalue weighted by atomic mass is 10.1. The second-order valence-electron chi connectivity index (χ2n) is 4.42. The van der Waals surface area contributed by atoms with Crippen molar-refractivity contribution in [3.63, 3.8) is 0 Å². The van der Waals surface area contributed by atoms with E-state index in [1.165, 1.54) is 0 Å². The Morgan fingerprint density at radius 3 is 3.11 bits per heavy atom. The number of hydrogen-bond acceptors (Lipinski definition) is 4. The molecule has 1 aromatic rings. The van der Waals surface area contributed by atoms with Crippen LogP contribution in [-0.2, 0) is 11.3 Å². The standard InChI is InChI=1S/C13H19ClN2O2/c1-2-18-10-4-3-7-16(8-10)13-6-5-11(14)12(9-17)15-13/h5-6,10,17H,2-4,7-9H2,1H3. The number of rotatable bonds is 4. The van der Waals surface area contributed by atoms with Gasteiger partial charge in [-0.3, -0.25) is 0 Å². The van der Waals surface area contributed by atoms with Crippen molar-refractivity contribution in [1.82, 2.24) is 4.98 Å². The topological polar surface area (TPSA) is 45.6 Å². The Morgan fingerprint density at radius 1 is 1.56 bits per heavy atom. The van der Waals surface area contributed by atoms with Crippen molar-refractivity contribution >= 4 is 17.4 Å². The van der Waals surface area contributed by atoms with Crippen molar-refractivity contribution in [2.24, 2.45) is 0 Å². The highest BCUT2D eigenvalue weighted by molar-refractivity contribution is 6.31. The number of aliphatic hydroxyl groups is 1. The van der Waals surface area contributed by atoms with Gasteiger partial charge in [0.2, 0.25) is 0 Å². The molecule has 4 nitrogen and oxygen atoms in total. The van der Waals surface area contributed by atoms with Gasteiger partial charge < -0.3 is 14.7 Å². The van der Waals surface area contributed by atoms with Gasteiger partial charge in [0.15, 0.2) is 0 Å². The fourth-order valence-electron chi connectivity index (χ4n) is 2.28. The molecule has 0 amide bonds. The summed E-state index contributed by atoms with van der Waals surface area (Å²) < 4.78 is 5.67. The lowest BCUT2D eigenvalue weighted by molar-refractivity contribution is 0.0525. The van der Waals surface area contributed by atoms with E-state index in [9.17, 15) is 5.11 Å². The number of anilines is 1. The minimum atomic E-state index is -0.130. The smallest absolute Gasteiger partial charge is 0.129 e. The van der Waals surface area contributed by atoms with Gasteiger partial charge in [-0.05, 0) is 31.9 Å². The summed E-state index contributed by atoms with van der Waals surface area (Å²) in [7, 11) is 0. The highest BCUT2D eigenvalue weighted by Gasteiger charge is 2.21. The fraction of sp³-hybridized carbons (Fsp3) is 0.615. The first-order valence-electron chi connectivity index (χ1n) is 6.37. The van der Waals surface area contributed by atoms with Crippen molar-refractivity contribution < 1.29 is 9.84 Å². The van der Waals surface area contributed by atoms with E-state index >= 15 is 0 Å². The van der Waals surface area contributed by atoms with E-state index in [1.54, 1.807) is 6.07 Å². The maximum absolute atomic E-state index is 9.19. The van der Waals surface area contributed by atoms with E-state index in [0.717, 1.165) is 38.4 Å². The van der Waals surface area contributed by atoms with Gasteiger partial charge in [-0.15, -0.1) is 0 Å². The van der Waals surface area contributed by atoms with Gasteiger partial charge in [0.05, 0.1) is 23.4 Å². The first-order valence-corrected chi connectivity index (χ1v) is 6.75. The summed E-state index contributed by atoms with van der Waals surface area (Å²) in [6.45, 7) is 4.46. The van der Waals surface area contributed by atoms with Crippen molar-refractivity contribution in [1.29, 1.82) is 0 Å². The molecule has 0 aliphatic carbocycles. The van der Waals surface area contributed by atoms with Gasteiger partial charge in [-0.2, -0.15) is 0 Å². The zero-order valence-corrected chi connectivity index (χ0v) is 11.4. The van der Waals surface area contributed by atoms with Gasteiger partial charge in [-0.25, -0.2) is 4.98 Å². The maximum atomic E-state index is 9.19. The Labute approximate surface area is 113 Å². The van der Waals surface area contributed by atoms with Crippen LogP contribution in [0, 0.1) is 0 Å². The van der Waals surface area contributed by atoms with Crippen LogP contribution >= 0.6 is 11.6 Å². The van der Waals surface area contributed by atoms with Crippen LogP contribution in [0.5, 0.6) is 0 Å². The van der Waals surface area contributed by atoms with Crippen LogP contribution < -0.4 is 4.90 Å². The predicted octanol–water partition coefficient (Wildman–Crippen LogP) is 2.23. The zero-order valence-electron chi connectivity index (χ0n) is 10.6. The van der Waals surface area contributed by atoms with Crippen LogP contribution in [0.3, 0.4) is 0 Å².